The minimum atomic E-state index is -0.594. The molecular weight excluding hydrogens is 507 g/mol. The Morgan fingerprint density at radius 3 is 2.51 bits per heavy atom. The van der Waals surface area contributed by atoms with E-state index in [2.05, 4.69) is 32.8 Å². The van der Waals surface area contributed by atoms with Crippen LogP contribution in [-0.4, -0.2) is 32.0 Å². The molecule has 6 rings (SSSR count). The van der Waals surface area contributed by atoms with Crippen molar-refractivity contribution < 1.29 is 9.63 Å². The molecule has 0 spiro atoms. The van der Waals surface area contributed by atoms with Crippen LogP contribution in [0.3, 0.4) is 0 Å². The Kier molecular flexibility index (Phi) is 6.25. The van der Waals surface area contributed by atoms with E-state index in [-0.39, 0.29) is 6.04 Å². The van der Waals surface area contributed by atoms with E-state index in [1.165, 1.54) is 0 Å². The first-order chi connectivity index (χ1) is 17.7. The monoisotopic (exact) mass is 538 g/mol. The van der Waals surface area contributed by atoms with E-state index in [0.29, 0.717) is 16.1 Å². The minimum Gasteiger partial charge on any atom is -0.390 e. The highest BCUT2D eigenvalue weighted by Crippen LogP contribution is 2.43. The normalized spacial score (nSPS) is 24.3. The molecule has 0 bridgehead atoms. The van der Waals surface area contributed by atoms with Gasteiger partial charge in [0, 0.05) is 23.8 Å². The summed E-state index contributed by atoms with van der Waals surface area (Å²) in [7, 11) is 0. The van der Waals surface area contributed by atoms with Gasteiger partial charge in [0.25, 0.3) is 0 Å². The highest BCUT2D eigenvalue weighted by molar-refractivity contribution is 6.42. The summed E-state index contributed by atoms with van der Waals surface area (Å²) in [6.07, 6.45) is 5.53. The van der Waals surface area contributed by atoms with Crippen molar-refractivity contribution in [2.24, 2.45) is 0 Å². The van der Waals surface area contributed by atoms with Gasteiger partial charge in [0.05, 0.1) is 38.4 Å². The number of nitrogens with zero attached hydrogens (tertiary/aromatic N) is 4. The first-order valence-corrected chi connectivity index (χ1v) is 13.9. The average molecular weight is 540 g/mol. The number of rotatable bonds is 4. The van der Waals surface area contributed by atoms with E-state index < -0.39 is 5.60 Å². The molecule has 0 radical (unpaired) electrons. The van der Waals surface area contributed by atoms with Crippen molar-refractivity contribution >= 4 is 39.9 Å². The van der Waals surface area contributed by atoms with Gasteiger partial charge in [-0.1, -0.05) is 34.4 Å². The molecule has 2 fully saturated rings. The number of imidazole rings is 1. The lowest BCUT2D eigenvalue weighted by Gasteiger charge is -2.36. The van der Waals surface area contributed by atoms with Crippen LogP contribution in [0.2, 0.25) is 10.0 Å². The van der Waals surface area contributed by atoms with Gasteiger partial charge < -0.3 is 19.1 Å². The fourth-order valence-corrected chi connectivity index (χ4v) is 6.57. The van der Waals surface area contributed by atoms with Gasteiger partial charge in [-0.25, -0.2) is 4.98 Å². The Hall–Kier alpha value is -2.54. The van der Waals surface area contributed by atoms with E-state index in [1.54, 1.807) is 0 Å². The van der Waals surface area contributed by atoms with Crippen molar-refractivity contribution in [2.45, 2.75) is 77.0 Å². The molecule has 1 aliphatic carbocycles. The Bertz CT molecular complexity index is 1440. The Morgan fingerprint density at radius 1 is 1.03 bits per heavy atom. The first-order valence-electron chi connectivity index (χ1n) is 13.1. The molecule has 2 aromatic carbocycles. The zero-order valence-corrected chi connectivity index (χ0v) is 23.0. The van der Waals surface area contributed by atoms with Gasteiger partial charge in [0.1, 0.15) is 11.6 Å². The fourth-order valence-electron chi connectivity index (χ4n) is 6.28. The van der Waals surface area contributed by atoms with E-state index in [1.807, 2.05) is 39.0 Å². The predicted octanol–water partition coefficient (Wildman–Crippen LogP) is 7.82. The number of aryl methyl sites for hydroxylation is 2. The van der Waals surface area contributed by atoms with Crippen LogP contribution in [0.1, 0.15) is 74.8 Å². The molecule has 2 aromatic heterocycles. The van der Waals surface area contributed by atoms with Crippen LogP contribution in [0, 0.1) is 13.8 Å². The molecule has 4 aromatic rings. The summed E-state index contributed by atoms with van der Waals surface area (Å²) in [5, 5.41) is 15.9. The molecule has 6 nitrogen and oxygen atoms in total. The maximum absolute atomic E-state index is 10.6. The Balaban J connectivity index is 1.47. The molecule has 1 aliphatic heterocycles. The van der Waals surface area contributed by atoms with Crippen molar-refractivity contribution in [2.75, 3.05) is 11.4 Å². The highest BCUT2D eigenvalue weighted by atomic mass is 35.5. The molecule has 1 N–H and O–H groups in total. The Labute approximate surface area is 227 Å². The number of aromatic nitrogens is 3. The standard InChI is InChI=1S/C29H32Cl2N4O2/c1-17-27(18(2)37-33-17)19-6-9-25-24(15-19)32-28(35(25)20-10-12-29(3,36)13-11-20)26-5-4-14-34(26)21-7-8-22(30)23(31)16-21/h6-9,15-16,20,26,36H,4-5,10-14H2,1-3H3/t20?,26-,29?/m0/s1. The van der Waals surface area contributed by atoms with Crippen LogP contribution in [-0.2, 0) is 0 Å². The second-order valence-electron chi connectivity index (χ2n) is 10.9. The number of halogens is 2. The summed E-state index contributed by atoms with van der Waals surface area (Å²) >= 11 is 12.6. The van der Waals surface area contributed by atoms with E-state index in [9.17, 15) is 5.11 Å². The van der Waals surface area contributed by atoms with Gasteiger partial charge in [-0.2, -0.15) is 0 Å². The molecule has 1 saturated heterocycles. The fraction of sp³-hybridized carbons (Fsp3) is 0.448. The van der Waals surface area contributed by atoms with Crippen LogP contribution in [0.15, 0.2) is 40.9 Å². The third kappa shape index (κ3) is 4.43. The quantitative estimate of drug-likeness (QED) is 0.286. The van der Waals surface area contributed by atoms with Crippen LogP contribution in [0.5, 0.6) is 0 Å². The summed E-state index contributed by atoms with van der Waals surface area (Å²) in [5.41, 5.74) is 5.57. The first kappa shape index (κ1) is 24.8. The van der Waals surface area contributed by atoms with Gasteiger partial charge in [0.15, 0.2) is 0 Å². The zero-order chi connectivity index (χ0) is 25.9. The Morgan fingerprint density at radius 2 is 1.81 bits per heavy atom. The summed E-state index contributed by atoms with van der Waals surface area (Å²) in [4.78, 5) is 7.71. The average Bonchev–Trinajstić information content (AvgIpc) is 3.57. The number of anilines is 1. The summed E-state index contributed by atoms with van der Waals surface area (Å²) in [5.74, 6) is 1.90. The number of fused-ring (bicyclic) bond motifs is 1. The SMILES string of the molecule is Cc1noc(C)c1-c1ccc2c(c1)nc([C@@H]1CCCN1c1ccc(Cl)c(Cl)c1)n2C1CCC(C)(O)CC1. The summed E-state index contributed by atoms with van der Waals surface area (Å²) in [6.45, 7) is 6.82. The molecule has 2 aliphatic rings. The smallest absolute Gasteiger partial charge is 0.141 e. The maximum atomic E-state index is 10.6. The molecule has 0 amide bonds. The lowest BCUT2D eigenvalue weighted by molar-refractivity contribution is 0.00996. The molecule has 1 saturated carbocycles. The lowest BCUT2D eigenvalue weighted by atomic mass is 9.83. The summed E-state index contributed by atoms with van der Waals surface area (Å²) < 4.78 is 7.90. The molecule has 8 heteroatoms. The molecule has 0 unspecified atom stereocenters. The third-order valence-electron chi connectivity index (χ3n) is 8.22. The van der Waals surface area contributed by atoms with Gasteiger partial charge in [-0.3, -0.25) is 0 Å². The number of hydrogen-bond donors (Lipinski definition) is 1. The lowest BCUT2D eigenvalue weighted by Crippen LogP contribution is -2.33. The van der Waals surface area contributed by atoms with Gasteiger partial charge >= 0.3 is 0 Å². The van der Waals surface area contributed by atoms with Crippen molar-refractivity contribution in [3.8, 4) is 11.1 Å². The number of aliphatic hydroxyl groups is 1. The predicted molar refractivity (Wildman–Crippen MR) is 149 cm³/mol. The topological polar surface area (TPSA) is 67.3 Å². The van der Waals surface area contributed by atoms with Crippen molar-refractivity contribution in [1.29, 1.82) is 0 Å². The van der Waals surface area contributed by atoms with Crippen molar-refractivity contribution in [1.82, 2.24) is 14.7 Å². The largest absolute Gasteiger partial charge is 0.390 e. The van der Waals surface area contributed by atoms with E-state index >= 15 is 0 Å². The number of hydrogen-bond acceptors (Lipinski definition) is 5. The third-order valence-corrected chi connectivity index (χ3v) is 8.96. The maximum Gasteiger partial charge on any atom is 0.141 e. The molecule has 37 heavy (non-hydrogen) atoms. The van der Waals surface area contributed by atoms with Crippen LogP contribution in [0.25, 0.3) is 22.2 Å². The second-order valence-corrected chi connectivity index (χ2v) is 11.7. The molecule has 1 atom stereocenters. The highest BCUT2D eigenvalue weighted by Gasteiger charge is 2.36. The van der Waals surface area contributed by atoms with Gasteiger partial charge in [0.2, 0.25) is 0 Å². The van der Waals surface area contributed by atoms with Crippen LogP contribution in [0.4, 0.5) is 5.69 Å². The van der Waals surface area contributed by atoms with Crippen molar-refractivity contribution in [3.05, 3.63) is 63.7 Å². The van der Waals surface area contributed by atoms with E-state index in [0.717, 1.165) is 90.2 Å². The van der Waals surface area contributed by atoms with Gasteiger partial charge in [-0.15, -0.1) is 0 Å². The minimum absolute atomic E-state index is 0.134. The van der Waals surface area contributed by atoms with Crippen molar-refractivity contribution in [3.63, 3.8) is 0 Å². The second kappa shape index (κ2) is 9.33. The van der Waals surface area contributed by atoms with E-state index in [4.69, 9.17) is 32.7 Å². The molecule has 3 heterocycles. The molecular formula is C29H32Cl2N4O2. The number of benzene rings is 2. The van der Waals surface area contributed by atoms with Crippen LogP contribution >= 0.6 is 23.2 Å². The van der Waals surface area contributed by atoms with Gasteiger partial charge in [-0.05, 0) is 95.2 Å². The molecule has 194 valence electrons. The zero-order valence-electron chi connectivity index (χ0n) is 21.5. The van der Waals surface area contributed by atoms with Crippen LogP contribution < -0.4 is 4.90 Å². The summed E-state index contributed by atoms with van der Waals surface area (Å²) in [6, 6.07) is 12.8.